The second-order valence-electron chi connectivity index (χ2n) is 2.11. The van der Waals surface area contributed by atoms with E-state index in [1.807, 2.05) is 0 Å². The Kier molecular flexibility index (Phi) is 2.95. The van der Waals surface area contributed by atoms with Gasteiger partial charge < -0.3 is 0 Å². The summed E-state index contributed by atoms with van der Waals surface area (Å²) in [7, 11) is 0. The van der Waals surface area contributed by atoms with E-state index in [2.05, 4.69) is 17.2 Å². The van der Waals surface area contributed by atoms with Crippen LogP contribution in [0.3, 0.4) is 0 Å². The summed E-state index contributed by atoms with van der Waals surface area (Å²) in [6, 6.07) is 3.24. The molecule has 0 bridgehead atoms. The first-order valence-corrected chi connectivity index (χ1v) is 3.64. The Bertz CT molecular complexity index is 399. The van der Waals surface area contributed by atoms with Crippen molar-refractivity contribution in [3.05, 3.63) is 35.4 Å². The molecule has 0 atom stereocenters. The number of nitrogens with zero attached hydrogens (tertiary/aromatic N) is 1. The van der Waals surface area contributed by atoms with E-state index in [4.69, 9.17) is 0 Å². The summed E-state index contributed by atoms with van der Waals surface area (Å²) in [5, 5.41) is 1.78. The Morgan fingerprint density at radius 3 is 2.77 bits per heavy atom. The number of carbonyl (C=O) groups excluding carboxylic acids is 1. The first-order chi connectivity index (χ1) is 6.16. The van der Waals surface area contributed by atoms with E-state index in [1.54, 1.807) is 5.16 Å². The molecule has 1 aromatic rings. The molecule has 1 aromatic carbocycles. The minimum Gasteiger partial charge on any atom is -0.266 e. The van der Waals surface area contributed by atoms with Crippen molar-refractivity contribution < 1.29 is 13.6 Å². The molecule has 0 saturated carbocycles. The molecule has 0 aliphatic rings. The van der Waals surface area contributed by atoms with Gasteiger partial charge in [0.15, 0.2) is 11.6 Å². The lowest BCUT2D eigenvalue weighted by Gasteiger charge is -1.96. The Labute approximate surface area is 77.9 Å². The number of rotatable bonds is 1. The van der Waals surface area contributed by atoms with Crippen molar-refractivity contribution in [3.63, 3.8) is 0 Å². The highest BCUT2D eigenvalue weighted by molar-refractivity contribution is 7.78. The number of isothiocyanates is 1. The van der Waals surface area contributed by atoms with Crippen LogP contribution in [-0.4, -0.2) is 11.1 Å². The second-order valence-corrected chi connectivity index (χ2v) is 2.29. The smallest absolute Gasteiger partial charge is 0.266 e. The second kappa shape index (κ2) is 3.98. The molecule has 13 heavy (non-hydrogen) atoms. The molecular formula is C8H3F2NOS. The topological polar surface area (TPSA) is 29.4 Å². The highest BCUT2D eigenvalue weighted by Gasteiger charge is 2.13. The number of amides is 1. The Morgan fingerprint density at radius 2 is 2.15 bits per heavy atom. The van der Waals surface area contributed by atoms with Gasteiger partial charge in [0.25, 0.3) is 5.91 Å². The summed E-state index contributed by atoms with van der Waals surface area (Å²) in [4.78, 5) is 13.9. The summed E-state index contributed by atoms with van der Waals surface area (Å²) in [6.45, 7) is 0. The van der Waals surface area contributed by atoms with Gasteiger partial charge in [-0.1, -0.05) is 6.07 Å². The molecule has 0 aromatic heterocycles. The van der Waals surface area contributed by atoms with E-state index in [0.717, 1.165) is 12.1 Å². The van der Waals surface area contributed by atoms with Gasteiger partial charge in [0, 0.05) is 0 Å². The van der Waals surface area contributed by atoms with Gasteiger partial charge in [0.2, 0.25) is 0 Å². The third-order valence-corrected chi connectivity index (χ3v) is 1.42. The molecule has 0 N–H and O–H groups in total. The third-order valence-electron chi connectivity index (χ3n) is 1.33. The minimum absolute atomic E-state index is 0.447. The van der Waals surface area contributed by atoms with Crippen LogP contribution in [0, 0.1) is 11.6 Å². The number of halogens is 2. The maximum absolute atomic E-state index is 12.9. The fourth-order valence-corrected chi connectivity index (χ4v) is 0.854. The summed E-state index contributed by atoms with van der Waals surface area (Å²) in [5.74, 6) is -3.25. The quantitative estimate of drug-likeness (QED) is 0.512. The first kappa shape index (κ1) is 9.64. The molecule has 66 valence electrons. The normalized spacial score (nSPS) is 9.08. The average Bonchev–Trinajstić information content (AvgIpc) is 2.10. The highest BCUT2D eigenvalue weighted by atomic mass is 32.1. The number of hydrogen-bond donors (Lipinski definition) is 0. The molecule has 0 aliphatic heterocycles. The molecule has 1 rings (SSSR count). The molecule has 2 nitrogen and oxygen atoms in total. The monoisotopic (exact) mass is 199 g/mol. The molecule has 0 spiro atoms. The zero-order valence-corrected chi connectivity index (χ0v) is 7.07. The van der Waals surface area contributed by atoms with Gasteiger partial charge in [0.05, 0.1) is 10.7 Å². The predicted molar refractivity (Wildman–Crippen MR) is 45.7 cm³/mol. The van der Waals surface area contributed by atoms with Crippen molar-refractivity contribution in [2.45, 2.75) is 0 Å². The first-order valence-electron chi connectivity index (χ1n) is 3.23. The van der Waals surface area contributed by atoms with Crippen LogP contribution in [-0.2, 0) is 0 Å². The molecule has 1 amide bonds. The lowest BCUT2D eigenvalue weighted by Crippen LogP contribution is -2.00. The van der Waals surface area contributed by atoms with E-state index in [1.165, 1.54) is 6.07 Å². The molecule has 0 radical (unpaired) electrons. The van der Waals surface area contributed by atoms with E-state index < -0.39 is 23.1 Å². The van der Waals surface area contributed by atoms with Gasteiger partial charge in [-0.2, -0.15) is 4.99 Å². The van der Waals surface area contributed by atoms with Crippen LogP contribution in [0.1, 0.15) is 10.4 Å². The summed E-state index contributed by atoms with van der Waals surface area (Å²) in [5.41, 5.74) is -0.447. The Balaban J connectivity index is 3.22. The third kappa shape index (κ3) is 2.02. The van der Waals surface area contributed by atoms with Gasteiger partial charge in [-0.05, 0) is 24.4 Å². The van der Waals surface area contributed by atoms with E-state index in [-0.39, 0.29) is 0 Å². The zero-order chi connectivity index (χ0) is 9.84. The Hall–Kier alpha value is -1.45. The zero-order valence-electron chi connectivity index (χ0n) is 6.25. The van der Waals surface area contributed by atoms with E-state index in [9.17, 15) is 13.6 Å². The summed E-state index contributed by atoms with van der Waals surface area (Å²) in [6.07, 6.45) is 0. The van der Waals surface area contributed by atoms with Crippen LogP contribution in [0.4, 0.5) is 8.78 Å². The van der Waals surface area contributed by atoms with Gasteiger partial charge in [0.1, 0.15) is 0 Å². The molecule has 0 fully saturated rings. The predicted octanol–water partition coefficient (Wildman–Crippen LogP) is 2.21. The van der Waals surface area contributed by atoms with Crippen LogP contribution in [0.2, 0.25) is 0 Å². The summed E-state index contributed by atoms with van der Waals surface area (Å²) < 4.78 is 25.4. The molecule has 0 unspecified atom stereocenters. The maximum atomic E-state index is 12.9. The fraction of sp³-hybridized carbons (Fsp3) is 0. The van der Waals surface area contributed by atoms with Crippen molar-refractivity contribution >= 4 is 23.3 Å². The Morgan fingerprint density at radius 1 is 1.46 bits per heavy atom. The standard InChI is InChI=1S/C8H3F2NOS/c9-6-3-1-2-5(7(6)10)8(12)11-4-13/h1-3H. The van der Waals surface area contributed by atoms with Crippen molar-refractivity contribution in [2.24, 2.45) is 4.99 Å². The van der Waals surface area contributed by atoms with Crippen molar-refractivity contribution in [3.8, 4) is 0 Å². The summed E-state index contributed by atoms with van der Waals surface area (Å²) >= 11 is 4.15. The fourth-order valence-electron chi connectivity index (χ4n) is 0.771. The van der Waals surface area contributed by atoms with Gasteiger partial charge in [-0.15, -0.1) is 0 Å². The lowest BCUT2D eigenvalue weighted by molar-refractivity contribution is 0.0999. The number of hydrogen-bond acceptors (Lipinski definition) is 2. The van der Waals surface area contributed by atoms with Crippen LogP contribution < -0.4 is 0 Å². The van der Waals surface area contributed by atoms with Crippen LogP contribution >= 0.6 is 12.2 Å². The van der Waals surface area contributed by atoms with E-state index in [0.29, 0.717) is 0 Å². The average molecular weight is 199 g/mol. The molecule has 0 saturated heterocycles. The molecule has 5 heteroatoms. The van der Waals surface area contributed by atoms with E-state index >= 15 is 0 Å². The van der Waals surface area contributed by atoms with Crippen molar-refractivity contribution in [1.29, 1.82) is 0 Å². The molecule has 0 heterocycles. The van der Waals surface area contributed by atoms with Gasteiger partial charge in [-0.3, -0.25) is 4.79 Å². The van der Waals surface area contributed by atoms with Crippen LogP contribution in [0.5, 0.6) is 0 Å². The largest absolute Gasteiger partial charge is 0.288 e. The van der Waals surface area contributed by atoms with Crippen molar-refractivity contribution in [1.82, 2.24) is 0 Å². The number of thiocarbonyl (C=S) groups is 1. The SMILES string of the molecule is O=C(N=C=S)c1cccc(F)c1F. The number of aliphatic imine (C=N–C) groups is 1. The van der Waals surface area contributed by atoms with Crippen LogP contribution in [0.15, 0.2) is 23.2 Å². The number of carbonyl (C=O) groups is 1. The number of benzene rings is 1. The molecule has 0 aliphatic carbocycles. The van der Waals surface area contributed by atoms with Crippen LogP contribution in [0.25, 0.3) is 0 Å². The van der Waals surface area contributed by atoms with Gasteiger partial charge >= 0.3 is 0 Å². The molecular weight excluding hydrogens is 196 g/mol. The maximum Gasteiger partial charge on any atom is 0.288 e. The minimum atomic E-state index is -1.22. The van der Waals surface area contributed by atoms with Crippen molar-refractivity contribution in [2.75, 3.05) is 0 Å². The lowest BCUT2D eigenvalue weighted by atomic mass is 10.2. The highest BCUT2D eigenvalue weighted by Crippen LogP contribution is 2.11. The van der Waals surface area contributed by atoms with Gasteiger partial charge in [-0.25, -0.2) is 8.78 Å².